The zero-order valence-electron chi connectivity index (χ0n) is 10.9. The van der Waals surface area contributed by atoms with Crippen molar-refractivity contribution in [3.8, 4) is 0 Å². The van der Waals surface area contributed by atoms with Crippen LogP contribution in [0.5, 0.6) is 0 Å². The molecule has 96 valence electrons. The highest BCUT2D eigenvalue weighted by molar-refractivity contribution is 5.93. The van der Waals surface area contributed by atoms with Gasteiger partial charge in [0.05, 0.1) is 0 Å². The van der Waals surface area contributed by atoms with Crippen LogP contribution < -0.4 is 10.2 Å². The maximum Gasteiger partial charge on any atom is 0.227 e. The lowest BCUT2D eigenvalue weighted by Crippen LogP contribution is -2.28. The highest BCUT2D eigenvalue weighted by Crippen LogP contribution is 2.30. The molecule has 18 heavy (non-hydrogen) atoms. The van der Waals surface area contributed by atoms with Crippen LogP contribution in [-0.4, -0.2) is 19.5 Å². The Hall–Kier alpha value is -1.51. The fraction of sp³-hybridized carbons (Fsp3) is 0.533. The van der Waals surface area contributed by atoms with Crippen molar-refractivity contribution in [3.05, 3.63) is 23.8 Å². The molecule has 1 aliphatic carbocycles. The number of nitrogens with one attached hydrogen (secondary N) is 1. The van der Waals surface area contributed by atoms with Crippen molar-refractivity contribution in [2.45, 2.75) is 32.1 Å². The van der Waals surface area contributed by atoms with Gasteiger partial charge in [0.1, 0.15) is 0 Å². The lowest BCUT2D eigenvalue weighted by atomic mass is 9.85. The Bertz CT molecular complexity index is 466. The second-order valence-corrected chi connectivity index (χ2v) is 5.49. The van der Waals surface area contributed by atoms with Crippen LogP contribution in [0.25, 0.3) is 0 Å². The Balaban J connectivity index is 1.75. The first kappa shape index (κ1) is 11.6. The molecule has 1 aliphatic heterocycles. The van der Waals surface area contributed by atoms with Crippen LogP contribution >= 0.6 is 0 Å². The summed E-state index contributed by atoms with van der Waals surface area (Å²) in [5.74, 6) is 0.453. The summed E-state index contributed by atoms with van der Waals surface area (Å²) >= 11 is 0. The Morgan fingerprint density at radius 2 is 2.17 bits per heavy atom. The monoisotopic (exact) mass is 244 g/mol. The lowest BCUT2D eigenvalue weighted by molar-refractivity contribution is -0.122. The summed E-state index contributed by atoms with van der Waals surface area (Å²) < 4.78 is 0. The molecule has 3 rings (SSSR count). The molecular formula is C15H20N2O. The summed E-state index contributed by atoms with van der Waals surface area (Å²) in [6.45, 7) is 1.13. The van der Waals surface area contributed by atoms with Crippen molar-refractivity contribution in [2.75, 3.05) is 23.8 Å². The first-order chi connectivity index (χ1) is 8.74. The number of hydrogen-bond acceptors (Lipinski definition) is 2. The van der Waals surface area contributed by atoms with Crippen molar-refractivity contribution in [3.63, 3.8) is 0 Å². The topological polar surface area (TPSA) is 32.3 Å². The molecule has 0 unspecified atom stereocenters. The molecule has 1 N–H and O–H groups in total. The number of hydrogen-bond donors (Lipinski definition) is 1. The molecule has 0 atom stereocenters. The van der Waals surface area contributed by atoms with Gasteiger partial charge in [0.2, 0.25) is 5.91 Å². The van der Waals surface area contributed by atoms with E-state index in [2.05, 4.69) is 29.4 Å². The molecule has 1 aromatic carbocycles. The molecule has 0 aromatic heterocycles. The maximum atomic E-state index is 11.9. The molecule has 3 heteroatoms. The number of carbonyl (C=O) groups is 1. The van der Waals surface area contributed by atoms with Crippen LogP contribution in [0.1, 0.15) is 31.2 Å². The Labute approximate surface area is 108 Å². The molecule has 3 nitrogen and oxygen atoms in total. The number of carbonyl (C=O) groups excluding carboxylic acids is 1. The van der Waals surface area contributed by atoms with Crippen molar-refractivity contribution >= 4 is 17.3 Å². The first-order valence-electron chi connectivity index (χ1n) is 6.89. The zero-order chi connectivity index (χ0) is 12.5. The number of aryl methyl sites for hydroxylation is 1. The highest BCUT2D eigenvalue weighted by atomic mass is 16.1. The third-order valence-corrected chi connectivity index (χ3v) is 4.17. The van der Waals surface area contributed by atoms with Gasteiger partial charge in [-0.05, 0) is 49.4 Å². The van der Waals surface area contributed by atoms with Crippen molar-refractivity contribution in [2.24, 2.45) is 5.92 Å². The number of fused-ring (bicyclic) bond motifs is 1. The molecule has 0 spiro atoms. The van der Waals surface area contributed by atoms with Crippen LogP contribution in [0.4, 0.5) is 11.4 Å². The van der Waals surface area contributed by atoms with Gasteiger partial charge in [-0.1, -0.05) is 6.42 Å². The molecule has 1 saturated carbocycles. The molecule has 1 aromatic rings. The normalized spacial score (nSPS) is 19.1. The minimum atomic E-state index is 0.199. The van der Waals surface area contributed by atoms with E-state index in [0.717, 1.165) is 31.5 Å². The number of nitrogens with zero attached hydrogens (tertiary/aromatic N) is 1. The van der Waals surface area contributed by atoms with E-state index in [9.17, 15) is 4.79 Å². The van der Waals surface area contributed by atoms with Gasteiger partial charge >= 0.3 is 0 Å². The van der Waals surface area contributed by atoms with Gasteiger partial charge in [0.15, 0.2) is 0 Å². The van der Waals surface area contributed by atoms with Gasteiger partial charge < -0.3 is 10.2 Å². The average molecular weight is 244 g/mol. The SMILES string of the molecule is CN1CCCc2cc(NC(=O)C3CCC3)ccc21. The summed E-state index contributed by atoms with van der Waals surface area (Å²) in [7, 11) is 2.13. The fourth-order valence-corrected chi connectivity index (χ4v) is 2.78. The van der Waals surface area contributed by atoms with E-state index in [4.69, 9.17) is 0 Å². The van der Waals surface area contributed by atoms with Gasteiger partial charge in [-0.3, -0.25) is 4.79 Å². The average Bonchev–Trinajstić information content (AvgIpc) is 2.26. The summed E-state index contributed by atoms with van der Waals surface area (Å²) in [5, 5.41) is 3.05. The van der Waals surface area contributed by atoms with Crippen LogP contribution in [0.3, 0.4) is 0 Å². The van der Waals surface area contributed by atoms with Gasteiger partial charge in [-0.25, -0.2) is 0 Å². The zero-order valence-corrected chi connectivity index (χ0v) is 10.9. The molecule has 0 bridgehead atoms. The van der Waals surface area contributed by atoms with E-state index in [-0.39, 0.29) is 11.8 Å². The van der Waals surface area contributed by atoms with Crippen LogP contribution in [-0.2, 0) is 11.2 Å². The van der Waals surface area contributed by atoms with Gasteiger partial charge in [0.25, 0.3) is 0 Å². The second kappa shape index (κ2) is 4.63. The number of anilines is 2. The molecule has 2 aliphatic rings. The molecule has 1 amide bonds. The van der Waals surface area contributed by atoms with E-state index in [1.54, 1.807) is 0 Å². The Morgan fingerprint density at radius 1 is 1.33 bits per heavy atom. The molecule has 0 saturated heterocycles. The quantitative estimate of drug-likeness (QED) is 0.867. The van der Waals surface area contributed by atoms with E-state index in [1.165, 1.54) is 24.1 Å². The molecule has 1 heterocycles. The third-order valence-electron chi connectivity index (χ3n) is 4.17. The second-order valence-electron chi connectivity index (χ2n) is 5.49. The summed E-state index contributed by atoms with van der Waals surface area (Å²) in [6.07, 6.45) is 5.63. The van der Waals surface area contributed by atoms with Gasteiger partial charge in [-0.2, -0.15) is 0 Å². The number of benzene rings is 1. The molecule has 0 radical (unpaired) electrons. The van der Waals surface area contributed by atoms with Gasteiger partial charge in [-0.15, -0.1) is 0 Å². The largest absolute Gasteiger partial charge is 0.374 e. The van der Waals surface area contributed by atoms with E-state index < -0.39 is 0 Å². The number of rotatable bonds is 2. The summed E-state index contributed by atoms with van der Waals surface area (Å²) in [4.78, 5) is 14.2. The van der Waals surface area contributed by atoms with E-state index in [1.807, 2.05) is 6.07 Å². The Morgan fingerprint density at radius 3 is 2.89 bits per heavy atom. The number of amides is 1. The van der Waals surface area contributed by atoms with Crippen LogP contribution in [0, 0.1) is 5.92 Å². The minimum absolute atomic E-state index is 0.199. The highest BCUT2D eigenvalue weighted by Gasteiger charge is 2.25. The third kappa shape index (κ3) is 2.09. The molecular weight excluding hydrogens is 224 g/mol. The smallest absolute Gasteiger partial charge is 0.227 e. The van der Waals surface area contributed by atoms with E-state index in [0.29, 0.717) is 0 Å². The van der Waals surface area contributed by atoms with Crippen LogP contribution in [0.2, 0.25) is 0 Å². The lowest BCUT2D eigenvalue weighted by Gasteiger charge is -2.28. The van der Waals surface area contributed by atoms with Crippen molar-refractivity contribution < 1.29 is 4.79 Å². The first-order valence-corrected chi connectivity index (χ1v) is 6.89. The maximum absolute atomic E-state index is 11.9. The Kier molecular flexibility index (Phi) is 2.98. The predicted molar refractivity (Wildman–Crippen MR) is 74.0 cm³/mol. The predicted octanol–water partition coefficient (Wildman–Crippen LogP) is 2.81. The van der Waals surface area contributed by atoms with E-state index >= 15 is 0 Å². The molecule has 1 fully saturated rings. The van der Waals surface area contributed by atoms with Crippen molar-refractivity contribution in [1.82, 2.24) is 0 Å². The van der Waals surface area contributed by atoms with Gasteiger partial charge in [0, 0.05) is 30.9 Å². The fourth-order valence-electron chi connectivity index (χ4n) is 2.78. The van der Waals surface area contributed by atoms with Crippen LogP contribution in [0.15, 0.2) is 18.2 Å². The summed E-state index contributed by atoms with van der Waals surface area (Å²) in [5.41, 5.74) is 3.62. The summed E-state index contributed by atoms with van der Waals surface area (Å²) in [6, 6.07) is 6.30. The standard InChI is InChI=1S/C15H20N2O/c1-17-9-3-6-12-10-13(7-8-14(12)17)16-15(18)11-4-2-5-11/h7-8,10-11H,2-6,9H2,1H3,(H,16,18). The van der Waals surface area contributed by atoms with Crippen molar-refractivity contribution in [1.29, 1.82) is 0 Å². The minimum Gasteiger partial charge on any atom is -0.374 e.